The van der Waals surface area contributed by atoms with Crippen LogP contribution in [0.5, 0.6) is 0 Å². The topological polar surface area (TPSA) is 68.3 Å². The molecule has 0 radical (unpaired) electrons. The maximum Gasteiger partial charge on any atom is 0 e. The van der Waals surface area contributed by atoms with E-state index >= 15 is 0 Å². The van der Waals surface area contributed by atoms with Gasteiger partial charge in [0, 0.05) is 19.9 Å². The standard InChI is InChI=1S/CH4.2O2/c;2*1-2/h1H4;;. The molecule has 0 atom stereocenters. The largest absolute Gasteiger partial charge is 0.0776 e. The monoisotopic (exact) mass is 80.0 g/mol. The van der Waals surface area contributed by atoms with E-state index < -0.39 is 0 Å². The normalized spacial score (nSPS) is 1.60. The molecule has 0 unspecified atom stereocenters. The molecular weight excluding hydrogens is 76.0 g/mol. The van der Waals surface area contributed by atoms with Crippen LogP contribution >= 0.6 is 0 Å². The fraction of sp³-hybridized carbons (Fsp3) is 1.00. The summed E-state index contributed by atoms with van der Waals surface area (Å²) >= 11 is 0. The van der Waals surface area contributed by atoms with Gasteiger partial charge in [0.25, 0.3) is 0 Å². The van der Waals surface area contributed by atoms with Gasteiger partial charge < -0.3 is 0 Å². The van der Waals surface area contributed by atoms with Gasteiger partial charge in [-0.05, 0) is 0 Å². The highest BCUT2D eigenvalue weighted by Gasteiger charge is 0.709. The molecule has 0 saturated carbocycles. The molecule has 0 heterocycles. The Balaban J connectivity index is -0.0000000133. The van der Waals surface area contributed by atoms with E-state index in [2.05, 4.69) is 0 Å². The van der Waals surface area contributed by atoms with E-state index in [-0.39, 0.29) is 7.43 Å². The van der Waals surface area contributed by atoms with Crippen molar-refractivity contribution in [3.05, 3.63) is 19.9 Å². The molecule has 0 saturated heterocycles. The highest BCUT2D eigenvalue weighted by atomic mass is 16.7. The molecule has 0 aliphatic carbocycles. The van der Waals surface area contributed by atoms with E-state index in [0.29, 0.717) is 0 Å². The van der Waals surface area contributed by atoms with Crippen LogP contribution in [0, 0.1) is 19.9 Å². The Bertz CT molecular complexity index is 5.61. The van der Waals surface area contributed by atoms with Crippen molar-refractivity contribution in [2.75, 3.05) is 0 Å². The lowest BCUT2D eigenvalue weighted by atomic mass is 12.0. The van der Waals surface area contributed by atoms with E-state index in [1.165, 1.54) is 0 Å². The molecule has 0 aromatic heterocycles. The van der Waals surface area contributed by atoms with Gasteiger partial charge in [0.15, 0.2) is 0 Å². The van der Waals surface area contributed by atoms with Gasteiger partial charge in [-0.15, -0.1) is 0 Å². The van der Waals surface area contributed by atoms with Crippen LogP contribution in [0.4, 0.5) is 0 Å². The van der Waals surface area contributed by atoms with Crippen molar-refractivity contribution in [2.24, 2.45) is 0 Å². The zero-order valence-corrected chi connectivity index (χ0v) is 1.63. The summed E-state index contributed by atoms with van der Waals surface area (Å²) in [6.07, 6.45) is 0. The smallest absolute Gasteiger partial charge is 0 e. The molecular formula is CH4O4. The van der Waals surface area contributed by atoms with Crippen LogP contribution < -0.4 is 0 Å². The Hall–Kier alpha value is -0.800. The number of rotatable bonds is 0. The van der Waals surface area contributed by atoms with Gasteiger partial charge in [0.2, 0.25) is 0 Å². The zero-order valence-electron chi connectivity index (χ0n) is 1.63. The van der Waals surface area contributed by atoms with E-state index in [9.17, 15) is 0 Å². The van der Waals surface area contributed by atoms with Crippen molar-refractivity contribution in [3.8, 4) is 0 Å². The average Bonchev–Trinajstić information content (AvgIpc) is 1.50. The summed E-state index contributed by atoms with van der Waals surface area (Å²) in [5, 5.41) is 0. The summed E-state index contributed by atoms with van der Waals surface area (Å²) in [7, 11) is 0. The van der Waals surface area contributed by atoms with Crippen LogP contribution in [0.25, 0.3) is 0 Å². The van der Waals surface area contributed by atoms with Gasteiger partial charge in [-0.25, -0.2) is 0 Å². The maximum atomic E-state index is 7.00. The highest BCUT2D eigenvalue weighted by Crippen LogP contribution is 0.743. The minimum Gasteiger partial charge on any atom is -0.0776 e. The molecule has 0 bridgehead atoms. The molecule has 0 aliphatic rings. The summed E-state index contributed by atoms with van der Waals surface area (Å²) in [6.45, 7) is 0. The van der Waals surface area contributed by atoms with Crippen molar-refractivity contribution in [2.45, 2.75) is 7.43 Å². The van der Waals surface area contributed by atoms with Crippen molar-refractivity contribution in [1.82, 2.24) is 0 Å². The maximum absolute atomic E-state index is 7.00. The third-order valence-corrected chi connectivity index (χ3v) is 0. The second-order valence-electron chi connectivity index (χ2n) is 0. The molecule has 0 N–H and O–H groups in total. The van der Waals surface area contributed by atoms with E-state index in [1.54, 1.807) is 0 Å². The first-order valence-electron chi connectivity index (χ1n) is 0.333. The molecule has 0 rings (SSSR count). The lowest BCUT2D eigenvalue weighted by Gasteiger charge is -0.707. The molecule has 5 heavy (non-hydrogen) atoms. The molecule has 0 aromatic rings. The van der Waals surface area contributed by atoms with Crippen molar-refractivity contribution in [1.29, 1.82) is 0 Å². The van der Waals surface area contributed by atoms with Gasteiger partial charge in [-0.2, -0.15) is 0 Å². The molecule has 32 valence electrons. The molecule has 0 aliphatic heterocycles. The van der Waals surface area contributed by atoms with Crippen LogP contribution in [0.3, 0.4) is 0 Å². The van der Waals surface area contributed by atoms with Crippen LogP contribution in [0.15, 0.2) is 0 Å². The predicted molar refractivity (Wildman–Crippen MR) is 20.2 cm³/mol. The van der Waals surface area contributed by atoms with Crippen molar-refractivity contribution >= 4 is 0 Å². The second-order valence-corrected chi connectivity index (χ2v) is 0. The van der Waals surface area contributed by atoms with E-state index in [1.807, 2.05) is 0 Å². The summed E-state index contributed by atoms with van der Waals surface area (Å²) in [4.78, 5) is 28.0. The molecule has 4 nitrogen and oxygen atoms in total. The van der Waals surface area contributed by atoms with Crippen LogP contribution in [-0.2, 0) is 0 Å². The molecule has 0 amide bonds. The summed E-state index contributed by atoms with van der Waals surface area (Å²) in [5.41, 5.74) is 0. The Morgan fingerprint density at radius 3 is 0.600 bits per heavy atom. The van der Waals surface area contributed by atoms with Crippen molar-refractivity contribution in [3.63, 3.8) is 0 Å². The van der Waals surface area contributed by atoms with Gasteiger partial charge in [0.05, 0.1) is 0 Å². The molecule has 0 spiro atoms. The van der Waals surface area contributed by atoms with Gasteiger partial charge >= 0.3 is 0 Å². The first kappa shape index (κ1) is 29.9. The minimum absolute atomic E-state index is 0. The SMILES string of the molecule is C.O=O.O=O. The summed E-state index contributed by atoms with van der Waals surface area (Å²) < 4.78 is 0. The van der Waals surface area contributed by atoms with Gasteiger partial charge in [-0.3, -0.25) is 0 Å². The third-order valence-electron chi connectivity index (χ3n) is 0. The lowest BCUT2D eigenvalue weighted by Crippen LogP contribution is -0.674. The minimum atomic E-state index is 0. The molecule has 0 aromatic carbocycles. The summed E-state index contributed by atoms with van der Waals surface area (Å²) in [5.74, 6) is 0. The predicted octanol–water partition coefficient (Wildman–Crippen LogP) is 0.770. The fourth-order valence-corrected chi connectivity index (χ4v) is 0. The molecule has 0 fully saturated rings. The second kappa shape index (κ2) is 24.2. The third kappa shape index (κ3) is 7.20. The average molecular weight is 80.0 g/mol. The lowest BCUT2D eigenvalue weighted by molar-refractivity contribution is 2.50. The number of hydrogen-bond donors (Lipinski definition) is 0. The Morgan fingerprint density at radius 2 is 0.600 bits per heavy atom. The van der Waals surface area contributed by atoms with Crippen LogP contribution in [0.2, 0.25) is 0 Å². The van der Waals surface area contributed by atoms with Crippen LogP contribution in [0.1, 0.15) is 7.43 Å². The fourth-order valence-electron chi connectivity index (χ4n) is 0. The Morgan fingerprint density at radius 1 is 0.600 bits per heavy atom. The first-order chi connectivity index (χ1) is 2.00. The van der Waals surface area contributed by atoms with E-state index in [4.69, 9.17) is 19.9 Å². The van der Waals surface area contributed by atoms with Crippen molar-refractivity contribution < 1.29 is 0 Å². The first-order valence-corrected chi connectivity index (χ1v) is 0.333. The highest BCUT2D eigenvalue weighted by molar-refractivity contribution is 4.08. The van der Waals surface area contributed by atoms with Gasteiger partial charge in [0.1, 0.15) is 0 Å². The number of hydrogen-bond acceptors (Lipinski definition) is 4. The van der Waals surface area contributed by atoms with Crippen LogP contribution in [-0.4, -0.2) is 0 Å². The quantitative estimate of drug-likeness (QED) is 0.431. The zero-order chi connectivity index (χ0) is 4.00. The van der Waals surface area contributed by atoms with E-state index in [0.717, 1.165) is 0 Å². The Kier molecular flexibility index (Phi) is 145. The molecule has 4 heteroatoms. The van der Waals surface area contributed by atoms with Gasteiger partial charge in [-0.1, -0.05) is 7.43 Å². The Labute approximate surface area is 28.6 Å². The summed E-state index contributed by atoms with van der Waals surface area (Å²) in [6, 6.07) is 0.